The van der Waals surface area contributed by atoms with Crippen molar-refractivity contribution >= 4 is 28.9 Å². The van der Waals surface area contributed by atoms with Gasteiger partial charge in [0.05, 0.1) is 23.7 Å². The maximum Gasteiger partial charge on any atom is 0.236 e. The third-order valence-electron chi connectivity index (χ3n) is 6.60. The van der Waals surface area contributed by atoms with Gasteiger partial charge in [0, 0.05) is 36.8 Å². The summed E-state index contributed by atoms with van der Waals surface area (Å²) in [5.74, 6) is 0.623. The van der Waals surface area contributed by atoms with Crippen molar-refractivity contribution in [3.8, 4) is 22.9 Å². The van der Waals surface area contributed by atoms with Gasteiger partial charge in [-0.2, -0.15) is 5.26 Å². The molecule has 1 amide bonds. The van der Waals surface area contributed by atoms with Crippen molar-refractivity contribution in [1.29, 1.82) is 5.26 Å². The largest absolute Gasteiger partial charge is 0.491 e. The Morgan fingerprint density at radius 2 is 2.00 bits per heavy atom. The fraction of sp³-hybridized carbons (Fsp3) is 0.296. The number of ether oxygens (including phenoxy) is 1. The van der Waals surface area contributed by atoms with Crippen LogP contribution in [0.2, 0.25) is 0 Å². The summed E-state index contributed by atoms with van der Waals surface area (Å²) in [4.78, 5) is 23.0. The van der Waals surface area contributed by atoms with Crippen LogP contribution in [0.4, 0.5) is 5.69 Å². The molecule has 0 radical (unpaired) electrons. The molecule has 1 fully saturated rings. The van der Waals surface area contributed by atoms with E-state index in [9.17, 15) is 10.1 Å². The van der Waals surface area contributed by atoms with Crippen molar-refractivity contribution in [3.63, 3.8) is 0 Å². The molecular weight excluding hydrogens is 458 g/mol. The van der Waals surface area contributed by atoms with Crippen molar-refractivity contribution in [2.75, 3.05) is 25.0 Å². The van der Waals surface area contributed by atoms with Crippen LogP contribution in [0.3, 0.4) is 0 Å². The minimum Gasteiger partial charge on any atom is -0.491 e. The molecule has 2 aliphatic rings. The Balaban J connectivity index is 1.56. The number of amides is 1. The van der Waals surface area contributed by atoms with Crippen LogP contribution in [0.15, 0.2) is 65.0 Å². The predicted octanol–water partition coefficient (Wildman–Crippen LogP) is 4.19. The molecule has 0 aliphatic carbocycles. The van der Waals surface area contributed by atoms with Crippen LogP contribution in [-0.4, -0.2) is 43.0 Å². The van der Waals surface area contributed by atoms with Gasteiger partial charge in [-0.1, -0.05) is 18.2 Å². The molecule has 1 aromatic heterocycles. The molecule has 5 rings (SSSR count). The topological polar surface area (TPSA) is 94.9 Å². The molecule has 2 aromatic carbocycles. The molecule has 7 nitrogen and oxygen atoms in total. The lowest BCUT2D eigenvalue weighted by Gasteiger charge is -2.36. The van der Waals surface area contributed by atoms with E-state index in [-0.39, 0.29) is 23.9 Å². The number of aliphatic imine (C=N–C) groups is 1. The zero-order valence-electron chi connectivity index (χ0n) is 19.9. The zero-order valence-corrected chi connectivity index (χ0v) is 20.7. The first-order valence-corrected chi connectivity index (χ1v) is 12.4. The quantitative estimate of drug-likeness (QED) is 0.585. The molecule has 2 N–H and O–H groups in total. The van der Waals surface area contributed by atoms with E-state index in [2.05, 4.69) is 22.4 Å². The Morgan fingerprint density at radius 3 is 2.77 bits per heavy atom. The number of rotatable bonds is 5. The van der Waals surface area contributed by atoms with Crippen LogP contribution in [0.1, 0.15) is 24.3 Å². The summed E-state index contributed by atoms with van der Waals surface area (Å²) in [7, 11) is 1.68. The average molecular weight is 486 g/mol. The summed E-state index contributed by atoms with van der Waals surface area (Å²) in [5.41, 5.74) is 9.03. The molecule has 1 saturated heterocycles. The molecule has 2 aliphatic heterocycles. The number of hydrogen-bond acceptors (Lipinski definition) is 7. The zero-order chi connectivity index (χ0) is 24.7. The summed E-state index contributed by atoms with van der Waals surface area (Å²) >= 11 is 1.58. The molecule has 0 bridgehead atoms. The number of nitrogens with zero attached hydrogens (tertiary/aromatic N) is 4. The number of anilines is 1. The molecule has 2 atom stereocenters. The molecule has 3 aromatic rings. The third-order valence-corrected chi connectivity index (χ3v) is 7.70. The van der Waals surface area contributed by atoms with Gasteiger partial charge in [0.2, 0.25) is 5.91 Å². The van der Waals surface area contributed by atoms with Gasteiger partial charge in [-0.3, -0.25) is 9.69 Å². The van der Waals surface area contributed by atoms with Crippen molar-refractivity contribution in [1.82, 2.24) is 4.90 Å². The Kier molecular flexibility index (Phi) is 5.73. The first-order chi connectivity index (χ1) is 16.8. The van der Waals surface area contributed by atoms with Gasteiger partial charge in [0.1, 0.15) is 11.3 Å². The van der Waals surface area contributed by atoms with Gasteiger partial charge in [0.25, 0.3) is 0 Å². The fourth-order valence-corrected chi connectivity index (χ4v) is 5.98. The number of carbonyl (C=O) groups is 1. The normalized spacial score (nSPS) is 21.6. The average Bonchev–Trinajstić information content (AvgIpc) is 3.49. The smallest absolute Gasteiger partial charge is 0.236 e. The van der Waals surface area contributed by atoms with E-state index >= 15 is 0 Å². The molecule has 0 unspecified atom stereocenters. The highest BCUT2D eigenvalue weighted by Crippen LogP contribution is 2.48. The van der Waals surface area contributed by atoms with Crippen LogP contribution >= 0.6 is 11.3 Å². The number of nitrogens with two attached hydrogens (primary N) is 1. The van der Waals surface area contributed by atoms with E-state index in [1.165, 1.54) is 4.90 Å². The number of fused-ring (bicyclic) bond motifs is 1. The first-order valence-electron chi connectivity index (χ1n) is 11.5. The standard InChI is InChI=1S/C27H27N5O2S/c1-17(2)34-22-9-5-8-21(12-22)32-14-23-25(33)31(3)26(29)30-27(23,16-32)24-11-20(15-35-24)19-7-4-6-18(10-19)13-28/h4-12,15,17,23H,14,16H2,1-3H3,(H2,29,30)/t23-,27-/m0/s1. The van der Waals surface area contributed by atoms with Crippen LogP contribution in [0.5, 0.6) is 5.75 Å². The van der Waals surface area contributed by atoms with E-state index in [4.69, 9.17) is 15.5 Å². The molecule has 0 spiro atoms. The Bertz CT molecular complexity index is 1360. The second-order valence-corrected chi connectivity index (χ2v) is 10.2. The summed E-state index contributed by atoms with van der Waals surface area (Å²) in [6.45, 7) is 5.06. The fourth-order valence-electron chi connectivity index (χ4n) is 4.87. The van der Waals surface area contributed by atoms with E-state index < -0.39 is 5.54 Å². The van der Waals surface area contributed by atoms with E-state index in [1.807, 2.05) is 56.3 Å². The SMILES string of the molecule is CC(C)Oc1cccc(N2C[C@H]3C(=O)N(C)C(N)=N[C@@]3(c3cc(-c4cccc(C#N)c4)cs3)C2)c1. The number of thiophene rings is 1. The highest BCUT2D eigenvalue weighted by molar-refractivity contribution is 7.10. The second-order valence-electron chi connectivity index (χ2n) is 9.28. The summed E-state index contributed by atoms with van der Waals surface area (Å²) in [5, 5.41) is 11.4. The maximum atomic E-state index is 13.4. The van der Waals surface area contributed by atoms with Crippen molar-refractivity contribution in [3.05, 3.63) is 70.4 Å². The number of benzene rings is 2. The van der Waals surface area contributed by atoms with Crippen LogP contribution in [0.25, 0.3) is 11.1 Å². The summed E-state index contributed by atoms with van der Waals surface area (Å²) in [6, 6.07) is 19.8. The first kappa shape index (κ1) is 22.9. The van der Waals surface area contributed by atoms with E-state index in [0.29, 0.717) is 18.7 Å². The van der Waals surface area contributed by atoms with Gasteiger partial charge in [-0.25, -0.2) is 4.99 Å². The lowest BCUT2D eigenvalue weighted by Crippen LogP contribution is -2.54. The minimum absolute atomic E-state index is 0.0315. The summed E-state index contributed by atoms with van der Waals surface area (Å²) < 4.78 is 5.90. The van der Waals surface area contributed by atoms with Gasteiger partial charge < -0.3 is 15.4 Å². The lowest BCUT2D eigenvalue weighted by atomic mass is 9.83. The molecule has 3 heterocycles. The minimum atomic E-state index is -0.779. The van der Waals surface area contributed by atoms with E-state index in [0.717, 1.165) is 27.4 Å². The van der Waals surface area contributed by atoms with Crippen molar-refractivity contribution in [2.45, 2.75) is 25.5 Å². The van der Waals surface area contributed by atoms with Crippen LogP contribution in [0, 0.1) is 17.2 Å². The number of guanidine groups is 1. The maximum absolute atomic E-state index is 13.4. The number of hydrogen-bond donors (Lipinski definition) is 1. The highest BCUT2D eigenvalue weighted by Gasteiger charge is 2.56. The predicted molar refractivity (Wildman–Crippen MR) is 138 cm³/mol. The Hall–Kier alpha value is -3.83. The van der Waals surface area contributed by atoms with Crippen LogP contribution in [-0.2, 0) is 10.3 Å². The molecule has 0 saturated carbocycles. The van der Waals surface area contributed by atoms with Gasteiger partial charge in [-0.15, -0.1) is 11.3 Å². The number of nitriles is 1. The van der Waals surface area contributed by atoms with Crippen molar-refractivity contribution in [2.24, 2.45) is 16.6 Å². The number of carbonyl (C=O) groups excluding carboxylic acids is 1. The lowest BCUT2D eigenvalue weighted by molar-refractivity contribution is -0.132. The van der Waals surface area contributed by atoms with Gasteiger partial charge in [0.15, 0.2) is 5.96 Å². The van der Waals surface area contributed by atoms with Gasteiger partial charge in [-0.05, 0) is 60.7 Å². The molecular formula is C27H27N5O2S. The van der Waals surface area contributed by atoms with Crippen LogP contribution < -0.4 is 15.4 Å². The second kappa shape index (κ2) is 8.75. The highest BCUT2D eigenvalue weighted by atomic mass is 32.1. The van der Waals surface area contributed by atoms with E-state index in [1.54, 1.807) is 24.5 Å². The Morgan fingerprint density at radius 1 is 1.20 bits per heavy atom. The molecule has 35 heavy (non-hydrogen) atoms. The van der Waals surface area contributed by atoms with Crippen molar-refractivity contribution < 1.29 is 9.53 Å². The summed E-state index contributed by atoms with van der Waals surface area (Å²) in [6.07, 6.45) is 0.0708. The molecule has 178 valence electrons. The Labute approximate surface area is 209 Å². The monoisotopic (exact) mass is 485 g/mol. The third kappa shape index (κ3) is 4.02. The van der Waals surface area contributed by atoms with Gasteiger partial charge >= 0.3 is 0 Å². The molecule has 8 heteroatoms.